The maximum absolute atomic E-state index is 5.92. The van der Waals surface area contributed by atoms with Gasteiger partial charge in [0.15, 0.2) is 5.96 Å². The Bertz CT molecular complexity index is 518. The highest BCUT2D eigenvalue weighted by Crippen LogP contribution is 2.28. The summed E-state index contributed by atoms with van der Waals surface area (Å²) in [5.74, 6) is 2.57. The average molecular weight is 461 g/mol. The molecule has 1 aliphatic rings. The van der Waals surface area contributed by atoms with Gasteiger partial charge in [-0.25, -0.2) is 0 Å². The Kier molecular flexibility index (Phi) is 10.2. The molecule has 1 aliphatic carbocycles. The number of rotatable bonds is 9. The third-order valence-electron chi connectivity index (χ3n) is 4.10. The Morgan fingerprint density at radius 2 is 2.00 bits per heavy atom. The lowest BCUT2D eigenvalue weighted by molar-refractivity contribution is 0.115. The van der Waals surface area contributed by atoms with E-state index in [1.165, 1.54) is 18.4 Å². The second kappa shape index (κ2) is 11.6. The van der Waals surface area contributed by atoms with E-state index in [1.54, 1.807) is 7.05 Å². The van der Waals surface area contributed by atoms with Gasteiger partial charge in [0.1, 0.15) is 11.9 Å². The summed E-state index contributed by atoms with van der Waals surface area (Å²) in [4.78, 5) is 6.41. The number of halogens is 1. The molecule has 2 rings (SSSR count). The molecule has 0 radical (unpaired) electrons. The first-order chi connectivity index (χ1) is 11.6. The highest BCUT2D eigenvalue weighted by atomic mass is 127. The van der Waals surface area contributed by atoms with Gasteiger partial charge in [-0.3, -0.25) is 4.99 Å². The molecule has 0 spiro atoms. The van der Waals surface area contributed by atoms with Crippen LogP contribution < -0.4 is 10.1 Å². The van der Waals surface area contributed by atoms with Gasteiger partial charge >= 0.3 is 0 Å². The van der Waals surface area contributed by atoms with Crippen molar-refractivity contribution < 1.29 is 9.47 Å². The van der Waals surface area contributed by atoms with Crippen LogP contribution in [0.15, 0.2) is 29.3 Å². The first-order valence-electron chi connectivity index (χ1n) is 8.81. The Morgan fingerprint density at radius 3 is 2.60 bits per heavy atom. The smallest absolute Gasteiger partial charge is 0.193 e. The standard InChI is InChI=1S/C19H31N3O2.HI/c1-15-5-9-18(10-6-15)24-16(2)13-21-19(20-3)22(4)11-12-23-14-17-7-8-17;/h5-6,9-10,16-17H,7-8,11-14H2,1-4H3,(H,20,21);1H. The summed E-state index contributed by atoms with van der Waals surface area (Å²) in [6, 6.07) is 8.13. The van der Waals surface area contributed by atoms with E-state index in [-0.39, 0.29) is 30.1 Å². The lowest BCUT2D eigenvalue weighted by Gasteiger charge is -2.24. The number of nitrogens with one attached hydrogen (secondary N) is 1. The van der Waals surface area contributed by atoms with Crippen LogP contribution in [0.1, 0.15) is 25.3 Å². The molecule has 5 nitrogen and oxygen atoms in total. The number of hydrogen-bond acceptors (Lipinski definition) is 3. The van der Waals surface area contributed by atoms with Crippen LogP contribution in [0.4, 0.5) is 0 Å². The minimum atomic E-state index is 0. The molecule has 0 saturated heterocycles. The summed E-state index contributed by atoms with van der Waals surface area (Å²) < 4.78 is 11.6. The number of ether oxygens (including phenoxy) is 2. The third kappa shape index (κ3) is 8.76. The number of hydrogen-bond donors (Lipinski definition) is 1. The summed E-state index contributed by atoms with van der Waals surface area (Å²) in [6.45, 7) is 7.31. The number of benzene rings is 1. The largest absolute Gasteiger partial charge is 0.489 e. The second-order valence-electron chi connectivity index (χ2n) is 6.61. The van der Waals surface area contributed by atoms with Crippen molar-refractivity contribution in [3.63, 3.8) is 0 Å². The van der Waals surface area contributed by atoms with Gasteiger partial charge in [-0.1, -0.05) is 17.7 Å². The second-order valence-corrected chi connectivity index (χ2v) is 6.61. The van der Waals surface area contributed by atoms with Crippen LogP contribution in [0, 0.1) is 12.8 Å². The molecule has 1 aromatic rings. The van der Waals surface area contributed by atoms with Gasteiger partial charge < -0.3 is 19.7 Å². The molecule has 1 aromatic carbocycles. The van der Waals surface area contributed by atoms with Gasteiger partial charge in [0.2, 0.25) is 0 Å². The topological polar surface area (TPSA) is 46.1 Å². The van der Waals surface area contributed by atoms with Crippen molar-refractivity contribution in [2.75, 3.05) is 40.4 Å². The average Bonchev–Trinajstić information content (AvgIpc) is 3.38. The molecule has 1 atom stereocenters. The van der Waals surface area contributed by atoms with Crippen LogP contribution in [0.3, 0.4) is 0 Å². The van der Waals surface area contributed by atoms with Crippen molar-refractivity contribution in [2.45, 2.75) is 32.8 Å². The molecule has 1 fully saturated rings. The van der Waals surface area contributed by atoms with Gasteiger partial charge in [0.05, 0.1) is 13.2 Å². The zero-order chi connectivity index (χ0) is 17.4. The van der Waals surface area contributed by atoms with Gasteiger partial charge in [-0.05, 0) is 44.7 Å². The monoisotopic (exact) mass is 461 g/mol. The summed E-state index contributed by atoms with van der Waals surface area (Å²) in [7, 11) is 3.83. The summed E-state index contributed by atoms with van der Waals surface area (Å²) in [5.41, 5.74) is 1.24. The number of nitrogens with zero attached hydrogens (tertiary/aromatic N) is 2. The number of aryl methyl sites for hydroxylation is 1. The van der Waals surface area contributed by atoms with E-state index in [0.717, 1.165) is 37.4 Å². The molecule has 6 heteroatoms. The molecule has 25 heavy (non-hydrogen) atoms. The van der Waals surface area contributed by atoms with Gasteiger partial charge in [0, 0.05) is 27.2 Å². The molecule has 0 bridgehead atoms. The Balaban J connectivity index is 0.00000312. The number of guanidine groups is 1. The molecule has 0 heterocycles. The molecule has 1 saturated carbocycles. The van der Waals surface area contributed by atoms with Crippen molar-refractivity contribution in [2.24, 2.45) is 10.9 Å². The van der Waals surface area contributed by atoms with E-state index in [9.17, 15) is 0 Å². The van der Waals surface area contributed by atoms with E-state index in [2.05, 4.69) is 41.2 Å². The van der Waals surface area contributed by atoms with E-state index >= 15 is 0 Å². The minimum absolute atomic E-state index is 0. The molecule has 1 unspecified atom stereocenters. The lowest BCUT2D eigenvalue weighted by Crippen LogP contribution is -2.44. The van der Waals surface area contributed by atoms with Crippen LogP contribution in [-0.2, 0) is 4.74 Å². The highest BCUT2D eigenvalue weighted by Gasteiger charge is 2.21. The van der Waals surface area contributed by atoms with Gasteiger partial charge in [-0.15, -0.1) is 24.0 Å². The van der Waals surface area contributed by atoms with Crippen LogP contribution >= 0.6 is 24.0 Å². The molecule has 0 aliphatic heterocycles. The van der Waals surface area contributed by atoms with Crippen molar-refractivity contribution >= 4 is 29.9 Å². The predicted octanol–water partition coefficient (Wildman–Crippen LogP) is 3.31. The third-order valence-corrected chi connectivity index (χ3v) is 4.10. The first-order valence-corrected chi connectivity index (χ1v) is 8.81. The molecule has 0 amide bonds. The highest BCUT2D eigenvalue weighted by molar-refractivity contribution is 14.0. The Hall–Kier alpha value is -1.02. The Labute approximate surface area is 169 Å². The van der Waals surface area contributed by atoms with Crippen molar-refractivity contribution in [1.82, 2.24) is 10.2 Å². The van der Waals surface area contributed by atoms with Crippen LogP contribution in [-0.4, -0.2) is 57.4 Å². The zero-order valence-electron chi connectivity index (χ0n) is 15.8. The van der Waals surface area contributed by atoms with Crippen LogP contribution in [0.25, 0.3) is 0 Å². The van der Waals surface area contributed by atoms with Gasteiger partial charge in [0.25, 0.3) is 0 Å². The number of likely N-dealkylation sites (N-methyl/N-ethyl adjacent to an activating group) is 1. The lowest BCUT2D eigenvalue weighted by atomic mass is 10.2. The van der Waals surface area contributed by atoms with E-state index < -0.39 is 0 Å². The van der Waals surface area contributed by atoms with Crippen molar-refractivity contribution in [3.8, 4) is 5.75 Å². The van der Waals surface area contributed by atoms with Crippen LogP contribution in [0.2, 0.25) is 0 Å². The zero-order valence-corrected chi connectivity index (χ0v) is 18.2. The summed E-state index contributed by atoms with van der Waals surface area (Å²) in [5, 5.41) is 3.36. The normalized spacial score (nSPS) is 15.3. The van der Waals surface area contributed by atoms with Crippen molar-refractivity contribution in [3.05, 3.63) is 29.8 Å². The Morgan fingerprint density at radius 1 is 1.32 bits per heavy atom. The van der Waals surface area contributed by atoms with Gasteiger partial charge in [-0.2, -0.15) is 0 Å². The van der Waals surface area contributed by atoms with Crippen LogP contribution in [0.5, 0.6) is 5.75 Å². The molecule has 142 valence electrons. The fourth-order valence-electron chi connectivity index (χ4n) is 2.35. The number of aliphatic imine (C=N–C) groups is 1. The minimum Gasteiger partial charge on any atom is -0.489 e. The molecular formula is C19H32IN3O2. The fraction of sp³-hybridized carbons (Fsp3) is 0.632. The van der Waals surface area contributed by atoms with E-state index in [0.29, 0.717) is 6.54 Å². The maximum atomic E-state index is 5.92. The maximum Gasteiger partial charge on any atom is 0.193 e. The predicted molar refractivity (Wildman–Crippen MR) is 114 cm³/mol. The fourth-order valence-corrected chi connectivity index (χ4v) is 2.35. The van der Waals surface area contributed by atoms with E-state index in [1.807, 2.05) is 19.2 Å². The molecule has 0 aromatic heterocycles. The molecule has 1 N–H and O–H groups in total. The SMILES string of the molecule is CN=C(NCC(C)Oc1ccc(C)cc1)N(C)CCOCC1CC1.I. The van der Waals surface area contributed by atoms with E-state index in [4.69, 9.17) is 9.47 Å². The molecular weight excluding hydrogens is 429 g/mol. The summed E-state index contributed by atoms with van der Waals surface area (Å²) >= 11 is 0. The first kappa shape index (κ1) is 22.0. The van der Waals surface area contributed by atoms with Crippen molar-refractivity contribution in [1.29, 1.82) is 0 Å². The summed E-state index contributed by atoms with van der Waals surface area (Å²) in [6.07, 6.45) is 2.72. The quantitative estimate of drug-likeness (QED) is 0.265.